The molecule has 2 aliphatic heterocycles. The van der Waals surface area contributed by atoms with Crippen molar-refractivity contribution in [3.05, 3.63) is 11.1 Å². The number of nitrogens with zero attached hydrogens (tertiary/aromatic N) is 5. The first-order valence-electron chi connectivity index (χ1n) is 12.1. The van der Waals surface area contributed by atoms with E-state index >= 15 is 0 Å². The molecule has 3 atom stereocenters. The van der Waals surface area contributed by atoms with E-state index < -0.39 is 46.3 Å². The summed E-state index contributed by atoms with van der Waals surface area (Å²) in [4.78, 5) is 46.2. The van der Waals surface area contributed by atoms with Gasteiger partial charge in [-0.1, -0.05) is 5.16 Å². The summed E-state index contributed by atoms with van der Waals surface area (Å²) in [5.41, 5.74) is 9.78. The van der Waals surface area contributed by atoms with E-state index in [9.17, 15) is 22.8 Å². The van der Waals surface area contributed by atoms with Crippen molar-refractivity contribution in [1.29, 1.82) is 0 Å². The molecule has 3 heterocycles. The number of nitrogen functional groups attached to an aromatic ring is 1. The molecule has 2 aliphatic rings. The maximum absolute atomic E-state index is 13.2. The number of carbonyl (C=O) groups excluding carboxylic acids is 3. The number of rotatable bonds is 16. The van der Waals surface area contributed by atoms with Crippen LogP contribution in [0.15, 0.2) is 10.5 Å². The molecule has 1 aromatic rings. The number of hydrogen-bond donors (Lipinski definition) is 3. The molecule has 1 amide bonds. The molecule has 1 aromatic heterocycles. The second-order valence-electron chi connectivity index (χ2n) is 9.60. The van der Waals surface area contributed by atoms with Crippen LogP contribution in [0, 0.1) is 5.92 Å². The predicted molar refractivity (Wildman–Crippen MR) is 139 cm³/mol. The van der Waals surface area contributed by atoms with Crippen molar-refractivity contribution in [3.63, 3.8) is 0 Å². The fourth-order valence-electron chi connectivity index (χ4n) is 4.25. The second kappa shape index (κ2) is 13.3. The number of ether oxygens (including phenoxy) is 2. The minimum absolute atomic E-state index is 0.0573. The van der Waals surface area contributed by atoms with Crippen LogP contribution >= 0.6 is 11.3 Å². The first-order chi connectivity index (χ1) is 18.8. The number of likely N-dealkylation sites (N-methyl/N-ethyl adjacent to an activating group) is 1. The standard InChI is InChI=1S/C21H33N7O10S2/c1-21(2)14(19(31)28(21)38-40(32,33)34)7-16(30)18(15-11-39-20(23)24-15)25-37-17(36-12-29)10-35-13-8-26(3)27(9-13)6-4-5-22/h11-14,17H,4-10,22H2,1-3H3,(H2,23,24)(H,32,33,34)/t13?,14-,17+/m1/s1. The Balaban J connectivity index is 1.69. The Kier molecular flexibility index (Phi) is 10.5. The molecule has 224 valence electrons. The van der Waals surface area contributed by atoms with Crippen LogP contribution in [0.5, 0.6) is 0 Å². The van der Waals surface area contributed by atoms with E-state index in [4.69, 9.17) is 30.3 Å². The van der Waals surface area contributed by atoms with Crippen LogP contribution in [0.25, 0.3) is 0 Å². The third-order valence-corrected chi connectivity index (χ3v) is 7.40. The van der Waals surface area contributed by atoms with E-state index in [1.807, 2.05) is 12.1 Å². The SMILES string of the molecule is CN1CC(OC[C@@H](OC=O)ON=C(C(=O)C[C@@H]2C(=O)N(OS(=O)(=O)O)C2(C)C)c2csc(N)n2)CN1CCCN. The molecule has 19 heteroatoms. The molecule has 0 aromatic carbocycles. The summed E-state index contributed by atoms with van der Waals surface area (Å²) in [7, 11) is -3.04. The molecule has 0 spiro atoms. The number of nitrogens with two attached hydrogens (primary N) is 2. The zero-order valence-corrected chi connectivity index (χ0v) is 23.8. The highest BCUT2D eigenvalue weighted by molar-refractivity contribution is 7.80. The van der Waals surface area contributed by atoms with Gasteiger partial charge in [0, 0.05) is 38.5 Å². The Morgan fingerprint density at radius 1 is 1.40 bits per heavy atom. The van der Waals surface area contributed by atoms with Gasteiger partial charge < -0.3 is 25.8 Å². The molecule has 1 unspecified atom stereocenters. The van der Waals surface area contributed by atoms with Crippen LogP contribution in [-0.4, -0.2) is 115 Å². The van der Waals surface area contributed by atoms with Gasteiger partial charge in [0.15, 0.2) is 16.6 Å². The van der Waals surface area contributed by atoms with Gasteiger partial charge in [-0.05, 0) is 26.8 Å². The lowest BCUT2D eigenvalue weighted by Crippen LogP contribution is -2.68. The van der Waals surface area contributed by atoms with E-state index in [0.717, 1.165) is 24.3 Å². The summed E-state index contributed by atoms with van der Waals surface area (Å²) in [6.07, 6.45) is -1.13. The van der Waals surface area contributed by atoms with E-state index in [1.54, 1.807) is 0 Å². The van der Waals surface area contributed by atoms with Gasteiger partial charge >= 0.3 is 10.4 Å². The normalized spacial score (nSPS) is 22.7. The van der Waals surface area contributed by atoms with Crippen LogP contribution < -0.4 is 11.5 Å². The molecule has 0 radical (unpaired) electrons. The Morgan fingerprint density at radius 2 is 2.12 bits per heavy atom. The maximum atomic E-state index is 13.2. The third-order valence-electron chi connectivity index (χ3n) is 6.38. The molecule has 0 saturated carbocycles. The number of thiazole rings is 1. The van der Waals surface area contributed by atoms with Crippen LogP contribution in [0.4, 0.5) is 5.13 Å². The Morgan fingerprint density at radius 3 is 2.70 bits per heavy atom. The van der Waals surface area contributed by atoms with Gasteiger partial charge in [0.2, 0.25) is 0 Å². The molecule has 2 saturated heterocycles. The lowest BCUT2D eigenvalue weighted by Gasteiger charge is -2.50. The summed E-state index contributed by atoms with van der Waals surface area (Å²) in [6, 6.07) is 0. The lowest BCUT2D eigenvalue weighted by atomic mass is 9.74. The molecule has 5 N–H and O–H groups in total. The van der Waals surface area contributed by atoms with Gasteiger partial charge in [0.25, 0.3) is 18.7 Å². The van der Waals surface area contributed by atoms with Crippen molar-refractivity contribution in [1.82, 2.24) is 20.1 Å². The molecule has 0 aliphatic carbocycles. The molecular weight excluding hydrogens is 574 g/mol. The smallest absolute Gasteiger partial charge is 0.418 e. The van der Waals surface area contributed by atoms with Crippen LogP contribution in [-0.2, 0) is 43.4 Å². The van der Waals surface area contributed by atoms with E-state index in [0.29, 0.717) is 24.7 Å². The van der Waals surface area contributed by atoms with Gasteiger partial charge in [-0.25, -0.2) is 15.0 Å². The average molecular weight is 608 g/mol. The lowest BCUT2D eigenvalue weighted by molar-refractivity contribution is -0.228. The van der Waals surface area contributed by atoms with Crippen molar-refractivity contribution >= 4 is 50.7 Å². The summed E-state index contributed by atoms with van der Waals surface area (Å²) in [5, 5.41) is 10.0. The van der Waals surface area contributed by atoms with Crippen molar-refractivity contribution in [2.24, 2.45) is 16.8 Å². The second-order valence-corrected chi connectivity index (χ2v) is 11.5. The highest BCUT2D eigenvalue weighted by Crippen LogP contribution is 2.40. The van der Waals surface area contributed by atoms with Crippen molar-refractivity contribution < 1.29 is 45.9 Å². The van der Waals surface area contributed by atoms with E-state index in [1.165, 1.54) is 19.2 Å². The number of anilines is 1. The molecule has 2 fully saturated rings. The van der Waals surface area contributed by atoms with Crippen LogP contribution in [0.1, 0.15) is 32.4 Å². The number of aromatic nitrogens is 1. The summed E-state index contributed by atoms with van der Waals surface area (Å²) < 4.78 is 46.1. The number of ketones is 1. The van der Waals surface area contributed by atoms with Gasteiger partial charge in [-0.15, -0.1) is 15.6 Å². The first kappa shape index (κ1) is 31.7. The summed E-state index contributed by atoms with van der Waals surface area (Å²) in [5.74, 6) is -2.55. The number of β-lactam (4-membered cyclic amide) rings is 1. The number of hydroxylamine groups is 2. The van der Waals surface area contributed by atoms with Crippen LogP contribution in [0.2, 0.25) is 0 Å². The first-order valence-corrected chi connectivity index (χ1v) is 14.4. The fourth-order valence-corrected chi connectivity index (χ4v) is 5.25. The topological polar surface area (TPSA) is 230 Å². The van der Waals surface area contributed by atoms with Gasteiger partial charge in [0.05, 0.1) is 17.6 Å². The largest absolute Gasteiger partial charge is 0.423 e. The molecule has 40 heavy (non-hydrogen) atoms. The minimum Gasteiger partial charge on any atom is -0.423 e. The van der Waals surface area contributed by atoms with Crippen molar-refractivity contribution in [2.45, 2.75) is 44.6 Å². The van der Waals surface area contributed by atoms with E-state index in [2.05, 4.69) is 19.4 Å². The minimum atomic E-state index is -4.95. The number of hydrogen-bond acceptors (Lipinski definition) is 16. The zero-order valence-electron chi connectivity index (χ0n) is 22.2. The number of hydrazine groups is 1. The van der Waals surface area contributed by atoms with Crippen molar-refractivity contribution in [2.75, 3.05) is 45.6 Å². The van der Waals surface area contributed by atoms with Gasteiger partial charge in [0.1, 0.15) is 12.3 Å². The van der Waals surface area contributed by atoms with Gasteiger partial charge in [-0.2, -0.15) is 13.5 Å². The number of oxime groups is 1. The maximum Gasteiger partial charge on any atom is 0.418 e. The quantitative estimate of drug-likeness (QED) is 0.0499. The third kappa shape index (κ3) is 7.91. The van der Waals surface area contributed by atoms with Gasteiger partial charge in [-0.3, -0.25) is 18.9 Å². The molecular formula is C21H33N7O10S2. The monoisotopic (exact) mass is 607 g/mol. The fraction of sp³-hybridized carbons (Fsp3) is 0.667. The number of amides is 1. The van der Waals surface area contributed by atoms with E-state index in [-0.39, 0.29) is 35.7 Å². The number of carbonyl (C=O) groups is 3. The highest BCUT2D eigenvalue weighted by atomic mass is 32.3. The Bertz CT molecular complexity index is 1210. The van der Waals surface area contributed by atoms with Crippen LogP contribution in [0.3, 0.4) is 0 Å². The highest BCUT2D eigenvalue weighted by Gasteiger charge is 2.57. The van der Waals surface area contributed by atoms with Crippen molar-refractivity contribution in [3.8, 4) is 0 Å². The average Bonchev–Trinajstić information content (AvgIpc) is 3.46. The zero-order chi connectivity index (χ0) is 29.7. The molecule has 17 nitrogen and oxygen atoms in total. The summed E-state index contributed by atoms with van der Waals surface area (Å²) in [6.45, 7) is 5.38. The Hall–Kier alpha value is -2.78. The summed E-state index contributed by atoms with van der Waals surface area (Å²) >= 11 is 1.03. The molecule has 0 bridgehead atoms. The number of Topliss-reactive ketones (excluding diaryl/α,β-unsaturated/α-hetero) is 1. The Labute approximate surface area is 234 Å². The predicted octanol–water partition coefficient (Wildman–Crippen LogP) is -1.23. The molecule has 3 rings (SSSR count).